The van der Waals surface area contributed by atoms with Crippen LogP contribution in [0.3, 0.4) is 0 Å². The van der Waals surface area contributed by atoms with Crippen LogP contribution in [0.5, 0.6) is 0 Å². The summed E-state index contributed by atoms with van der Waals surface area (Å²) in [5.74, 6) is -2.61. The molecule has 0 bridgehead atoms. The molecule has 0 aromatic heterocycles. The Hall–Kier alpha value is -2.26. The summed E-state index contributed by atoms with van der Waals surface area (Å²) >= 11 is 0. The van der Waals surface area contributed by atoms with Crippen LogP contribution < -0.4 is 0 Å². The highest BCUT2D eigenvalue weighted by molar-refractivity contribution is 5.93. The number of halogens is 6. The summed E-state index contributed by atoms with van der Waals surface area (Å²) in [6.07, 6.45) is -15.8. The number of ether oxygens (including phenoxy) is 2. The molecule has 0 atom stereocenters. The van der Waals surface area contributed by atoms with E-state index in [0.29, 0.717) is 0 Å². The van der Waals surface area contributed by atoms with Gasteiger partial charge in [0.15, 0.2) is 0 Å². The van der Waals surface area contributed by atoms with E-state index in [1.54, 1.807) is 0 Å². The quantitative estimate of drug-likeness (QED) is 0.631. The van der Waals surface area contributed by atoms with Crippen molar-refractivity contribution in [1.29, 1.82) is 0 Å². The second kappa shape index (κ2) is 6.24. The number of carbonyl (C=O) groups excluding carboxylic acids is 2. The van der Waals surface area contributed by atoms with Crippen LogP contribution in [0.15, 0.2) is 24.3 Å². The Morgan fingerprint density at radius 2 is 1.23 bits per heavy atom. The van der Waals surface area contributed by atoms with Crippen LogP contribution in [0.4, 0.5) is 26.3 Å². The monoisotopic (exact) mass is 330 g/mol. The van der Waals surface area contributed by atoms with Crippen LogP contribution in [0.1, 0.15) is 20.7 Å². The van der Waals surface area contributed by atoms with Gasteiger partial charge in [-0.05, 0) is 24.3 Å². The molecule has 0 saturated carbocycles. The number of hydrogen-bond donors (Lipinski definition) is 0. The smallest absolute Gasteiger partial charge is 0.434 e. The Labute approximate surface area is 119 Å². The first-order chi connectivity index (χ1) is 9.96. The second-order valence-corrected chi connectivity index (χ2v) is 3.94. The number of carbonyl (C=O) groups is 2. The van der Waals surface area contributed by atoms with E-state index in [1.807, 2.05) is 0 Å². The zero-order valence-electron chi connectivity index (χ0n) is 10.8. The molecule has 0 N–H and O–H groups in total. The van der Waals surface area contributed by atoms with Crippen LogP contribution in [-0.4, -0.2) is 37.5 Å². The highest BCUT2D eigenvalue weighted by Crippen LogP contribution is 2.36. The van der Waals surface area contributed by atoms with Gasteiger partial charge in [0.05, 0.1) is 18.2 Å². The Balaban J connectivity index is 2.94. The number of benzene rings is 1. The van der Waals surface area contributed by atoms with E-state index in [9.17, 15) is 35.9 Å². The van der Waals surface area contributed by atoms with Crippen molar-refractivity contribution in [2.24, 2.45) is 0 Å². The van der Waals surface area contributed by atoms with Gasteiger partial charge in [-0.1, -0.05) is 0 Å². The van der Waals surface area contributed by atoms with Gasteiger partial charge in [0, 0.05) is 0 Å². The van der Waals surface area contributed by atoms with E-state index in [4.69, 9.17) is 0 Å². The lowest BCUT2D eigenvalue weighted by molar-refractivity contribution is -0.307. The number of alkyl halides is 6. The molecule has 0 heterocycles. The molecule has 1 aromatic carbocycles. The van der Waals surface area contributed by atoms with Crippen LogP contribution in [0.2, 0.25) is 0 Å². The molecule has 22 heavy (non-hydrogen) atoms. The summed E-state index contributed by atoms with van der Waals surface area (Å²) in [5.41, 5.74) is -0.617. The van der Waals surface area contributed by atoms with Gasteiger partial charge in [-0.25, -0.2) is 9.59 Å². The van der Waals surface area contributed by atoms with Crippen molar-refractivity contribution in [2.75, 3.05) is 7.11 Å². The van der Waals surface area contributed by atoms with E-state index >= 15 is 0 Å². The van der Waals surface area contributed by atoms with Gasteiger partial charge in [-0.3, -0.25) is 0 Å². The molecule has 0 aliphatic heterocycles. The molecule has 1 rings (SSSR count). The summed E-state index contributed by atoms with van der Waals surface area (Å²) in [6.45, 7) is 0. The molecule has 0 radical (unpaired) electrons. The molecule has 0 aliphatic rings. The van der Waals surface area contributed by atoms with Gasteiger partial charge in [0.2, 0.25) is 0 Å². The third kappa shape index (κ3) is 4.37. The highest BCUT2D eigenvalue weighted by atomic mass is 19.4. The minimum absolute atomic E-state index is 0.0396. The predicted octanol–water partition coefficient (Wildman–Crippen LogP) is 3.12. The van der Waals surface area contributed by atoms with Crippen LogP contribution in [-0.2, 0) is 9.47 Å². The average molecular weight is 330 g/mol. The molecule has 0 amide bonds. The van der Waals surface area contributed by atoms with Crippen molar-refractivity contribution in [3.63, 3.8) is 0 Å². The van der Waals surface area contributed by atoms with E-state index < -0.39 is 36.0 Å². The molecular formula is C12H8F6O4. The lowest BCUT2D eigenvalue weighted by Crippen LogP contribution is -2.45. The highest BCUT2D eigenvalue weighted by Gasteiger charge is 2.59. The lowest BCUT2D eigenvalue weighted by atomic mass is 10.1. The Bertz CT molecular complexity index is 532. The second-order valence-electron chi connectivity index (χ2n) is 3.94. The first-order valence-corrected chi connectivity index (χ1v) is 5.49. The Kier molecular flexibility index (Phi) is 5.05. The molecule has 0 saturated heterocycles. The minimum atomic E-state index is -5.79. The molecule has 1 aromatic rings. The van der Waals surface area contributed by atoms with E-state index in [2.05, 4.69) is 9.47 Å². The van der Waals surface area contributed by atoms with Crippen molar-refractivity contribution in [2.45, 2.75) is 18.5 Å². The summed E-state index contributed by atoms with van der Waals surface area (Å²) in [6, 6.07) is 3.69. The fourth-order valence-corrected chi connectivity index (χ4v) is 1.35. The number of esters is 2. The maximum atomic E-state index is 12.2. The molecular weight excluding hydrogens is 322 g/mol. The largest absolute Gasteiger partial charge is 0.465 e. The topological polar surface area (TPSA) is 52.6 Å². The molecule has 0 unspecified atom stereocenters. The van der Waals surface area contributed by atoms with Gasteiger partial charge in [-0.15, -0.1) is 0 Å². The molecule has 0 spiro atoms. The fraction of sp³-hybridized carbons (Fsp3) is 0.333. The zero-order chi connectivity index (χ0) is 17.1. The van der Waals surface area contributed by atoms with Crippen molar-refractivity contribution in [1.82, 2.24) is 0 Å². The maximum Gasteiger partial charge on any atom is 0.434 e. The number of methoxy groups -OCH3 is 1. The fourth-order valence-electron chi connectivity index (χ4n) is 1.35. The average Bonchev–Trinajstić information content (AvgIpc) is 2.41. The molecule has 122 valence electrons. The van der Waals surface area contributed by atoms with Gasteiger partial charge in [-0.2, -0.15) is 26.3 Å². The van der Waals surface area contributed by atoms with E-state index in [0.717, 1.165) is 31.4 Å². The minimum Gasteiger partial charge on any atom is -0.465 e. The maximum absolute atomic E-state index is 12.2. The van der Waals surface area contributed by atoms with Crippen LogP contribution >= 0.6 is 0 Å². The summed E-state index contributed by atoms with van der Waals surface area (Å²) < 4.78 is 81.3. The van der Waals surface area contributed by atoms with Crippen molar-refractivity contribution in [3.8, 4) is 0 Å². The molecule has 0 fully saturated rings. The van der Waals surface area contributed by atoms with Crippen LogP contribution in [0, 0.1) is 0 Å². The first-order valence-electron chi connectivity index (χ1n) is 5.49. The summed E-state index contributed by atoms with van der Waals surface area (Å²) in [4.78, 5) is 22.5. The van der Waals surface area contributed by atoms with Gasteiger partial charge >= 0.3 is 24.3 Å². The van der Waals surface area contributed by atoms with Gasteiger partial charge < -0.3 is 9.47 Å². The van der Waals surface area contributed by atoms with Gasteiger partial charge in [0.25, 0.3) is 6.10 Å². The van der Waals surface area contributed by atoms with E-state index in [-0.39, 0.29) is 5.56 Å². The third-order valence-corrected chi connectivity index (χ3v) is 2.36. The number of hydrogen-bond acceptors (Lipinski definition) is 4. The third-order valence-electron chi connectivity index (χ3n) is 2.36. The standard InChI is InChI=1S/C12H8F6O4/c1-21-8(19)6-2-4-7(5-3-6)9(20)22-10(11(13,14)15)12(16,17)18/h2-5,10H,1H3. The summed E-state index contributed by atoms with van der Waals surface area (Å²) in [7, 11) is 1.07. The Morgan fingerprint density at radius 3 is 1.55 bits per heavy atom. The van der Waals surface area contributed by atoms with Crippen molar-refractivity contribution in [3.05, 3.63) is 35.4 Å². The SMILES string of the molecule is COC(=O)c1ccc(C(=O)OC(C(F)(F)F)C(F)(F)F)cc1. The number of rotatable bonds is 3. The Morgan fingerprint density at radius 1 is 0.864 bits per heavy atom. The molecule has 10 heteroatoms. The normalized spacial score (nSPS) is 12.2. The predicted molar refractivity (Wildman–Crippen MR) is 59.1 cm³/mol. The first kappa shape index (κ1) is 17.8. The summed E-state index contributed by atoms with van der Waals surface area (Å²) in [5, 5.41) is 0. The molecule has 4 nitrogen and oxygen atoms in total. The molecule has 0 aliphatic carbocycles. The zero-order valence-corrected chi connectivity index (χ0v) is 10.8. The van der Waals surface area contributed by atoms with Gasteiger partial charge in [0.1, 0.15) is 0 Å². The van der Waals surface area contributed by atoms with Crippen molar-refractivity contribution >= 4 is 11.9 Å². The van der Waals surface area contributed by atoms with E-state index in [1.165, 1.54) is 0 Å². The van der Waals surface area contributed by atoms with Crippen LogP contribution in [0.25, 0.3) is 0 Å². The lowest BCUT2D eigenvalue weighted by Gasteiger charge is -2.22. The van der Waals surface area contributed by atoms with Crippen molar-refractivity contribution < 1.29 is 45.4 Å².